The minimum Gasteiger partial charge on any atom is -0.354 e. The first kappa shape index (κ1) is 18.7. The Hall–Kier alpha value is -3.04. The second-order valence-electron chi connectivity index (χ2n) is 6.12. The Morgan fingerprint density at radius 2 is 1.85 bits per heavy atom. The van der Waals surface area contributed by atoms with Crippen LogP contribution < -0.4 is 10.2 Å². The third kappa shape index (κ3) is 3.74. The van der Waals surface area contributed by atoms with Gasteiger partial charge in [0.2, 0.25) is 5.91 Å². The van der Waals surface area contributed by atoms with Gasteiger partial charge in [0.15, 0.2) is 0 Å². The molecule has 1 aliphatic rings. The maximum Gasteiger partial charge on any atom is 0.264 e. The highest BCUT2D eigenvalue weighted by Crippen LogP contribution is 2.41. The SMILES string of the molecule is CNC(=O)/C(C#N)=C1/S[C@H](Cc2ccccc2C)C(=O)N1c1ccccc1. The molecule has 1 N–H and O–H groups in total. The van der Waals surface area contributed by atoms with Gasteiger partial charge < -0.3 is 5.32 Å². The van der Waals surface area contributed by atoms with E-state index in [9.17, 15) is 14.9 Å². The Morgan fingerprint density at radius 3 is 2.48 bits per heavy atom. The number of para-hydroxylation sites is 1. The topological polar surface area (TPSA) is 73.2 Å². The van der Waals surface area contributed by atoms with Crippen LogP contribution in [-0.2, 0) is 16.0 Å². The fourth-order valence-electron chi connectivity index (χ4n) is 2.96. The fourth-order valence-corrected chi connectivity index (χ4v) is 4.26. The molecule has 0 bridgehead atoms. The van der Waals surface area contributed by atoms with E-state index in [0.717, 1.165) is 11.1 Å². The molecule has 2 amide bonds. The lowest BCUT2D eigenvalue weighted by molar-refractivity contribution is -0.117. The lowest BCUT2D eigenvalue weighted by Gasteiger charge is -2.18. The van der Waals surface area contributed by atoms with Crippen LogP contribution in [0, 0.1) is 18.3 Å². The van der Waals surface area contributed by atoms with Gasteiger partial charge >= 0.3 is 0 Å². The van der Waals surface area contributed by atoms with Gasteiger partial charge in [-0.2, -0.15) is 5.26 Å². The molecule has 0 radical (unpaired) electrons. The van der Waals surface area contributed by atoms with E-state index < -0.39 is 11.2 Å². The van der Waals surface area contributed by atoms with Crippen LogP contribution >= 0.6 is 11.8 Å². The summed E-state index contributed by atoms with van der Waals surface area (Å²) in [6.45, 7) is 2.01. The van der Waals surface area contributed by atoms with E-state index in [1.165, 1.54) is 23.7 Å². The Morgan fingerprint density at radius 1 is 1.19 bits per heavy atom. The summed E-state index contributed by atoms with van der Waals surface area (Å²) in [4.78, 5) is 26.9. The first-order valence-corrected chi connectivity index (χ1v) is 9.41. The van der Waals surface area contributed by atoms with Gasteiger partial charge in [0, 0.05) is 12.7 Å². The standard InChI is InChI=1S/C21H19N3O2S/c1-14-8-6-7-9-15(14)12-18-20(26)24(16-10-4-3-5-11-16)21(27-18)17(13-22)19(25)23-2/h3-11,18H,12H2,1-2H3,(H,23,25)/b21-17+/t18-/m1/s1. The molecule has 0 spiro atoms. The van der Waals surface area contributed by atoms with Gasteiger partial charge in [-0.15, -0.1) is 0 Å². The van der Waals surface area contributed by atoms with Crippen LogP contribution in [0.15, 0.2) is 65.2 Å². The molecule has 0 aromatic heterocycles. The van der Waals surface area contributed by atoms with Gasteiger partial charge in [0.05, 0.1) is 5.25 Å². The first-order chi connectivity index (χ1) is 13.1. The zero-order valence-electron chi connectivity index (χ0n) is 15.1. The Labute approximate surface area is 162 Å². The van der Waals surface area contributed by atoms with Crippen molar-refractivity contribution in [2.24, 2.45) is 0 Å². The monoisotopic (exact) mass is 377 g/mol. The minimum atomic E-state index is -0.495. The van der Waals surface area contributed by atoms with E-state index >= 15 is 0 Å². The molecule has 2 aromatic carbocycles. The number of hydrogen-bond acceptors (Lipinski definition) is 4. The molecular formula is C21H19N3O2S. The zero-order chi connectivity index (χ0) is 19.4. The van der Waals surface area contributed by atoms with Crippen molar-refractivity contribution in [1.29, 1.82) is 5.26 Å². The predicted octanol–water partition coefficient (Wildman–Crippen LogP) is 3.17. The minimum absolute atomic E-state index is 0.0491. The lowest BCUT2D eigenvalue weighted by Crippen LogP contribution is -2.31. The molecule has 1 heterocycles. The maximum absolute atomic E-state index is 13.2. The summed E-state index contributed by atoms with van der Waals surface area (Å²) in [6, 6.07) is 19.0. The van der Waals surface area contributed by atoms with E-state index in [4.69, 9.17) is 0 Å². The smallest absolute Gasteiger partial charge is 0.264 e. The molecule has 6 heteroatoms. The Kier molecular flexibility index (Phi) is 5.63. The molecule has 2 aromatic rings. The van der Waals surface area contributed by atoms with E-state index in [1.807, 2.05) is 55.5 Å². The number of aryl methyl sites for hydroxylation is 1. The van der Waals surface area contributed by atoms with Crippen LogP contribution in [0.5, 0.6) is 0 Å². The molecular weight excluding hydrogens is 358 g/mol. The molecule has 0 unspecified atom stereocenters. The number of anilines is 1. The van der Waals surface area contributed by atoms with Crippen molar-refractivity contribution in [3.8, 4) is 6.07 Å². The van der Waals surface area contributed by atoms with Crippen molar-refractivity contribution in [3.63, 3.8) is 0 Å². The molecule has 1 atom stereocenters. The number of carbonyl (C=O) groups is 2. The molecule has 3 rings (SSSR count). The highest BCUT2D eigenvalue weighted by molar-refractivity contribution is 8.05. The average Bonchev–Trinajstić information content (AvgIpc) is 3.00. The molecule has 0 saturated carbocycles. The molecule has 1 aliphatic heterocycles. The van der Waals surface area contributed by atoms with Gasteiger partial charge in [-0.3, -0.25) is 14.5 Å². The number of nitrogens with one attached hydrogen (secondary N) is 1. The van der Waals surface area contributed by atoms with Crippen LogP contribution in [0.4, 0.5) is 5.69 Å². The van der Waals surface area contributed by atoms with Gasteiger partial charge in [0.1, 0.15) is 16.7 Å². The number of nitriles is 1. The molecule has 5 nitrogen and oxygen atoms in total. The molecule has 27 heavy (non-hydrogen) atoms. The number of carbonyl (C=O) groups excluding carboxylic acids is 2. The first-order valence-electron chi connectivity index (χ1n) is 8.53. The molecule has 136 valence electrons. The fraction of sp³-hybridized carbons (Fsp3) is 0.190. The predicted molar refractivity (Wildman–Crippen MR) is 107 cm³/mol. The van der Waals surface area contributed by atoms with Crippen LogP contribution in [0.2, 0.25) is 0 Å². The summed E-state index contributed by atoms with van der Waals surface area (Å²) < 4.78 is 0. The van der Waals surface area contributed by atoms with Gasteiger partial charge in [0.25, 0.3) is 5.91 Å². The van der Waals surface area contributed by atoms with Crippen molar-refractivity contribution in [2.75, 3.05) is 11.9 Å². The number of amides is 2. The third-order valence-corrected chi connectivity index (χ3v) is 5.68. The maximum atomic E-state index is 13.2. The zero-order valence-corrected chi connectivity index (χ0v) is 15.9. The number of nitrogens with zero attached hydrogens (tertiary/aromatic N) is 2. The number of likely N-dealkylation sites (N-methyl/N-ethyl adjacent to an activating group) is 1. The van der Waals surface area contributed by atoms with Crippen molar-refractivity contribution < 1.29 is 9.59 Å². The average molecular weight is 377 g/mol. The summed E-state index contributed by atoms with van der Waals surface area (Å²) in [5.41, 5.74) is 2.79. The van der Waals surface area contributed by atoms with Crippen LogP contribution in [0.25, 0.3) is 0 Å². The largest absolute Gasteiger partial charge is 0.354 e. The summed E-state index contributed by atoms with van der Waals surface area (Å²) in [5, 5.41) is 12.0. The van der Waals surface area contributed by atoms with Crippen LogP contribution in [-0.4, -0.2) is 24.1 Å². The van der Waals surface area contributed by atoms with Gasteiger partial charge in [-0.25, -0.2) is 0 Å². The van der Waals surface area contributed by atoms with Crippen LogP contribution in [0.1, 0.15) is 11.1 Å². The van der Waals surface area contributed by atoms with E-state index in [-0.39, 0.29) is 11.5 Å². The number of hydrogen-bond donors (Lipinski definition) is 1. The van der Waals surface area contributed by atoms with Crippen molar-refractivity contribution in [1.82, 2.24) is 5.32 Å². The van der Waals surface area contributed by atoms with Crippen LogP contribution in [0.3, 0.4) is 0 Å². The van der Waals surface area contributed by atoms with Crippen molar-refractivity contribution >= 4 is 29.3 Å². The molecule has 1 fully saturated rings. The number of rotatable bonds is 4. The Bertz CT molecular complexity index is 947. The molecule has 1 saturated heterocycles. The van der Waals surface area contributed by atoms with E-state index in [0.29, 0.717) is 17.1 Å². The summed E-state index contributed by atoms with van der Waals surface area (Å²) in [7, 11) is 1.47. The quantitative estimate of drug-likeness (QED) is 0.656. The summed E-state index contributed by atoms with van der Waals surface area (Å²) in [5.74, 6) is -0.619. The van der Waals surface area contributed by atoms with Gasteiger partial charge in [-0.05, 0) is 36.6 Å². The Balaban J connectivity index is 2.05. The number of thioether (sulfide) groups is 1. The van der Waals surface area contributed by atoms with Gasteiger partial charge in [-0.1, -0.05) is 54.2 Å². The second kappa shape index (κ2) is 8.11. The van der Waals surface area contributed by atoms with Crippen molar-refractivity contribution in [2.45, 2.75) is 18.6 Å². The third-order valence-electron chi connectivity index (χ3n) is 4.41. The lowest BCUT2D eigenvalue weighted by atomic mass is 10.0. The summed E-state index contributed by atoms with van der Waals surface area (Å²) in [6.07, 6.45) is 0.537. The van der Waals surface area contributed by atoms with E-state index in [2.05, 4.69) is 5.32 Å². The van der Waals surface area contributed by atoms with E-state index in [1.54, 1.807) is 12.1 Å². The normalized spacial score (nSPS) is 18.2. The summed E-state index contributed by atoms with van der Waals surface area (Å²) >= 11 is 1.27. The molecule has 0 aliphatic carbocycles. The highest BCUT2D eigenvalue weighted by Gasteiger charge is 2.40. The van der Waals surface area contributed by atoms with Crippen molar-refractivity contribution in [3.05, 3.63) is 76.3 Å². The highest BCUT2D eigenvalue weighted by atomic mass is 32.2. The number of benzene rings is 2. The second-order valence-corrected chi connectivity index (χ2v) is 7.31.